The molecule has 98 valence electrons. The van der Waals surface area contributed by atoms with Crippen molar-refractivity contribution in [2.75, 3.05) is 25.0 Å². The van der Waals surface area contributed by atoms with E-state index >= 15 is 0 Å². The van der Waals surface area contributed by atoms with Crippen molar-refractivity contribution in [1.29, 1.82) is 0 Å². The highest BCUT2D eigenvalue weighted by Crippen LogP contribution is 2.20. The van der Waals surface area contributed by atoms with E-state index in [9.17, 15) is 9.59 Å². The van der Waals surface area contributed by atoms with Crippen LogP contribution in [0.5, 0.6) is 0 Å². The van der Waals surface area contributed by atoms with Gasteiger partial charge in [-0.1, -0.05) is 12.1 Å². The summed E-state index contributed by atoms with van der Waals surface area (Å²) < 4.78 is 0.844. The van der Waals surface area contributed by atoms with Gasteiger partial charge in [-0.2, -0.15) is 0 Å². The summed E-state index contributed by atoms with van der Waals surface area (Å²) in [6, 6.07) is 7.41. The second-order valence-electron chi connectivity index (χ2n) is 3.69. The van der Waals surface area contributed by atoms with E-state index in [4.69, 9.17) is 0 Å². The number of halogens is 1. The van der Waals surface area contributed by atoms with Crippen LogP contribution in [0.1, 0.15) is 6.92 Å². The van der Waals surface area contributed by atoms with E-state index in [0.717, 1.165) is 10.2 Å². The molecule has 5 nitrogen and oxygen atoms in total. The smallest absolute Gasteiger partial charge is 0.238 e. The van der Waals surface area contributed by atoms with Crippen molar-refractivity contribution in [2.24, 2.45) is 0 Å². The molecule has 0 fully saturated rings. The predicted octanol–water partition coefficient (Wildman–Crippen LogP) is 1.11. The number of hydrogen-bond donors (Lipinski definition) is 3. The molecule has 0 aliphatic carbocycles. The summed E-state index contributed by atoms with van der Waals surface area (Å²) >= 11 is 3.35. The summed E-state index contributed by atoms with van der Waals surface area (Å²) in [5, 5.41) is 8.35. The first-order valence-corrected chi connectivity index (χ1v) is 6.38. The number of hydrogen-bond acceptors (Lipinski definition) is 3. The second kappa shape index (κ2) is 7.84. The summed E-state index contributed by atoms with van der Waals surface area (Å²) in [4.78, 5) is 22.2. The molecule has 0 spiro atoms. The van der Waals surface area contributed by atoms with Gasteiger partial charge in [0.05, 0.1) is 12.2 Å². The normalized spacial score (nSPS) is 9.89. The Hall–Kier alpha value is -1.40. The monoisotopic (exact) mass is 313 g/mol. The topological polar surface area (TPSA) is 70.2 Å². The average molecular weight is 314 g/mol. The fourth-order valence-corrected chi connectivity index (χ4v) is 1.67. The molecule has 0 radical (unpaired) electrons. The standard InChI is InChI=1S/C12H16BrN3O2/c1-9(17)15-7-6-14-8-12(18)16-11-5-3-2-4-10(11)13/h2-5,14H,6-8H2,1H3,(H,15,17)(H,16,18). The Bertz CT molecular complexity index is 424. The van der Waals surface area contributed by atoms with Crippen molar-refractivity contribution >= 4 is 33.4 Å². The quantitative estimate of drug-likeness (QED) is 0.689. The van der Waals surface area contributed by atoms with Gasteiger partial charge in [-0.25, -0.2) is 0 Å². The first-order chi connectivity index (χ1) is 8.59. The van der Waals surface area contributed by atoms with Crippen molar-refractivity contribution < 1.29 is 9.59 Å². The van der Waals surface area contributed by atoms with E-state index in [1.165, 1.54) is 6.92 Å². The lowest BCUT2D eigenvalue weighted by atomic mass is 10.3. The number of benzene rings is 1. The van der Waals surface area contributed by atoms with Crippen LogP contribution >= 0.6 is 15.9 Å². The minimum atomic E-state index is -0.121. The zero-order valence-corrected chi connectivity index (χ0v) is 11.7. The molecule has 0 unspecified atom stereocenters. The van der Waals surface area contributed by atoms with Gasteiger partial charge in [-0.15, -0.1) is 0 Å². The molecule has 2 amide bonds. The zero-order chi connectivity index (χ0) is 13.4. The summed E-state index contributed by atoms with van der Waals surface area (Å²) in [6.45, 7) is 2.74. The molecular weight excluding hydrogens is 298 g/mol. The van der Waals surface area contributed by atoms with Gasteiger partial charge in [0.15, 0.2) is 0 Å². The average Bonchev–Trinajstić information content (AvgIpc) is 2.31. The SMILES string of the molecule is CC(=O)NCCNCC(=O)Nc1ccccc1Br. The van der Waals surface area contributed by atoms with Crippen molar-refractivity contribution in [1.82, 2.24) is 10.6 Å². The molecule has 1 aromatic rings. The molecule has 0 aliphatic rings. The van der Waals surface area contributed by atoms with Crippen LogP contribution in [-0.2, 0) is 9.59 Å². The first kappa shape index (κ1) is 14.7. The Morgan fingerprint density at radius 1 is 1.22 bits per heavy atom. The van der Waals surface area contributed by atoms with Crippen molar-refractivity contribution in [3.05, 3.63) is 28.7 Å². The van der Waals surface area contributed by atoms with E-state index in [2.05, 4.69) is 31.9 Å². The van der Waals surface area contributed by atoms with Gasteiger partial charge in [0, 0.05) is 24.5 Å². The third kappa shape index (κ3) is 5.79. The van der Waals surface area contributed by atoms with Crippen LogP contribution in [0.3, 0.4) is 0 Å². The highest BCUT2D eigenvalue weighted by atomic mass is 79.9. The number of carbonyl (C=O) groups is 2. The maximum absolute atomic E-state index is 11.6. The first-order valence-electron chi connectivity index (χ1n) is 5.59. The molecule has 1 aromatic carbocycles. The van der Waals surface area contributed by atoms with Crippen LogP contribution in [0.25, 0.3) is 0 Å². The Balaban J connectivity index is 2.22. The number of para-hydroxylation sites is 1. The zero-order valence-electron chi connectivity index (χ0n) is 10.1. The molecule has 0 atom stereocenters. The van der Waals surface area contributed by atoms with Gasteiger partial charge in [-0.05, 0) is 28.1 Å². The maximum atomic E-state index is 11.6. The van der Waals surface area contributed by atoms with Crippen LogP contribution in [0.4, 0.5) is 5.69 Å². The van der Waals surface area contributed by atoms with E-state index < -0.39 is 0 Å². The van der Waals surface area contributed by atoms with Crippen molar-refractivity contribution in [2.45, 2.75) is 6.92 Å². The lowest BCUT2D eigenvalue weighted by Gasteiger charge is -2.08. The van der Waals surface area contributed by atoms with Crippen molar-refractivity contribution in [3.63, 3.8) is 0 Å². The summed E-state index contributed by atoms with van der Waals surface area (Å²) in [7, 11) is 0. The summed E-state index contributed by atoms with van der Waals surface area (Å²) in [6.07, 6.45) is 0. The Morgan fingerprint density at radius 3 is 2.61 bits per heavy atom. The minimum Gasteiger partial charge on any atom is -0.355 e. The summed E-state index contributed by atoms with van der Waals surface area (Å²) in [5.74, 6) is -0.195. The number of rotatable bonds is 6. The van der Waals surface area contributed by atoms with Gasteiger partial charge in [-0.3, -0.25) is 9.59 Å². The molecule has 0 saturated carbocycles. The molecule has 0 bridgehead atoms. The number of anilines is 1. The molecule has 0 aromatic heterocycles. The van der Waals surface area contributed by atoms with Crippen molar-refractivity contribution in [3.8, 4) is 0 Å². The molecule has 0 aliphatic heterocycles. The number of carbonyl (C=O) groups excluding carboxylic acids is 2. The Labute approximate surface area is 114 Å². The fourth-order valence-electron chi connectivity index (χ4n) is 1.29. The highest BCUT2D eigenvalue weighted by molar-refractivity contribution is 9.10. The van der Waals surface area contributed by atoms with Crippen LogP contribution in [-0.4, -0.2) is 31.4 Å². The third-order valence-corrected chi connectivity index (χ3v) is 2.80. The molecule has 3 N–H and O–H groups in total. The van der Waals surface area contributed by atoms with Crippen LogP contribution in [0.15, 0.2) is 28.7 Å². The van der Waals surface area contributed by atoms with Crippen LogP contribution < -0.4 is 16.0 Å². The molecule has 0 heterocycles. The molecule has 0 saturated heterocycles. The minimum absolute atomic E-state index is 0.0746. The molecular formula is C12H16BrN3O2. The van der Waals surface area contributed by atoms with Crippen LogP contribution in [0.2, 0.25) is 0 Å². The van der Waals surface area contributed by atoms with E-state index in [0.29, 0.717) is 13.1 Å². The number of amides is 2. The van der Waals surface area contributed by atoms with E-state index in [1.807, 2.05) is 24.3 Å². The van der Waals surface area contributed by atoms with Gasteiger partial charge in [0.25, 0.3) is 0 Å². The summed E-state index contributed by atoms with van der Waals surface area (Å²) in [5.41, 5.74) is 0.742. The predicted molar refractivity (Wildman–Crippen MR) is 74.3 cm³/mol. The Morgan fingerprint density at radius 2 is 1.94 bits per heavy atom. The van der Waals surface area contributed by atoms with Gasteiger partial charge in [0.1, 0.15) is 0 Å². The third-order valence-electron chi connectivity index (χ3n) is 2.11. The van der Waals surface area contributed by atoms with E-state index in [-0.39, 0.29) is 18.4 Å². The number of nitrogens with one attached hydrogen (secondary N) is 3. The fraction of sp³-hybridized carbons (Fsp3) is 0.333. The lowest BCUT2D eigenvalue weighted by Crippen LogP contribution is -2.34. The lowest BCUT2D eigenvalue weighted by molar-refractivity contribution is -0.118. The van der Waals surface area contributed by atoms with Gasteiger partial charge in [0.2, 0.25) is 11.8 Å². The Kier molecular flexibility index (Phi) is 6.38. The van der Waals surface area contributed by atoms with Gasteiger partial charge >= 0.3 is 0 Å². The molecule has 6 heteroatoms. The largest absolute Gasteiger partial charge is 0.355 e. The van der Waals surface area contributed by atoms with Gasteiger partial charge < -0.3 is 16.0 Å². The van der Waals surface area contributed by atoms with Crippen LogP contribution in [0, 0.1) is 0 Å². The maximum Gasteiger partial charge on any atom is 0.238 e. The molecule has 1 rings (SSSR count). The van der Waals surface area contributed by atoms with E-state index in [1.54, 1.807) is 0 Å². The highest BCUT2D eigenvalue weighted by Gasteiger charge is 2.03. The molecule has 18 heavy (non-hydrogen) atoms. The second-order valence-corrected chi connectivity index (χ2v) is 4.54.